The summed E-state index contributed by atoms with van der Waals surface area (Å²) >= 11 is 0. The van der Waals surface area contributed by atoms with Gasteiger partial charge in [-0.15, -0.1) is 0 Å². The summed E-state index contributed by atoms with van der Waals surface area (Å²) in [5.41, 5.74) is 0. The van der Waals surface area contributed by atoms with Crippen LogP contribution in [0.2, 0.25) is 0 Å². The van der Waals surface area contributed by atoms with Crippen molar-refractivity contribution in [1.82, 2.24) is 0 Å². The van der Waals surface area contributed by atoms with E-state index in [4.69, 9.17) is 18.9 Å². The number of aliphatic carboxylic acids is 1. The number of rotatable bonds is 72. The molecule has 9 heteroatoms. The first-order valence-corrected chi connectivity index (χ1v) is 37.9. The van der Waals surface area contributed by atoms with E-state index in [9.17, 15) is 19.5 Å². The molecule has 0 aliphatic heterocycles. The second kappa shape index (κ2) is 68.0. The van der Waals surface area contributed by atoms with Crippen molar-refractivity contribution in [3.8, 4) is 0 Å². The smallest absolute Gasteiger partial charge is 0.361 e. The van der Waals surface area contributed by atoms with E-state index in [1.165, 1.54) is 334 Å². The topological polar surface area (TPSA) is 108 Å². The summed E-state index contributed by atoms with van der Waals surface area (Å²) in [5, 5.41) is 9.76. The summed E-state index contributed by atoms with van der Waals surface area (Å²) in [6, 6.07) is 0. The number of carboxylic acids is 1. The van der Waals surface area contributed by atoms with Gasteiger partial charge in [0.05, 0.1) is 34.4 Å². The van der Waals surface area contributed by atoms with Crippen LogP contribution in [0.3, 0.4) is 0 Å². The third-order valence-electron chi connectivity index (χ3n) is 17.5. The zero-order valence-electron chi connectivity index (χ0n) is 57.8. The lowest BCUT2D eigenvalue weighted by atomic mass is 10.0. The fraction of sp³-hybridized carbons (Fsp3) is 0.934. The summed E-state index contributed by atoms with van der Waals surface area (Å²) in [5.74, 6) is -1.97. The van der Waals surface area contributed by atoms with Gasteiger partial charge < -0.3 is 28.5 Å². The van der Waals surface area contributed by atoms with Gasteiger partial charge >= 0.3 is 17.9 Å². The molecule has 0 aliphatic rings. The predicted molar refractivity (Wildman–Crippen MR) is 365 cm³/mol. The first kappa shape index (κ1) is 83.0. The fourth-order valence-electron chi connectivity index (χ4n) is 11.7. The van der Waals surface area contributed by atoms with Crippen LogP contribution in [0.4, 0.5) is 0 Å². The number of hydrogen-bond donors (Lipinski definition) is 1. The number of carbonyl (C=O) groups excluding carboxylic acids is 2. The van der Waals surface area contributed by atoms with Gasteiger partial charge in [-0.25, -0.2) is 4.79 Å². The summed E-state index contributed by atoms with van der Waals surface area (Å²) in [7, 11) is 6.00. The van der Waals surface area contributed by atoms with Crippen LogP contribution in [-0.2, 0) is 33.3 Å². The normalized spacial score (nSPS) is 12.6. The van der Waals surface area contributed by atoms with Gasteiger partial charge in [-0.1, -0.05) is 360 Å². The van der Waals surface area contributed by atoms with Crippen molar-refractivity contribution in [3.63, 3.8) is 0 Å². The van der Waals surface area contributed by atoms with Gasteiger partial charge in [0, 0.05) is 12.8 Å². The molecule has 504 valence electrons. The number of esters is 2. The zero-order chi connectivity index (χ0) is 61.9. The molecule has 0 aliphatic carbocycles. The number of allylic oxidation sites excluding steroid dienone is 2. The van der Waals surface area contributed by atoms with Crippen molar-refractivity contribution in [3.05, 3.63) is 12.2 Å². The summed E-state index contributed by atoms with van der Waals surface area (Å²) in [4.78, 5) is 37.7. The SMILES string of the molecule is CCCCCCCCCC/C=C\CCCCCCCCCCCCCCCCCC(=O)OC(COC(=O)CCCCCCCCCCCCCCCCCCCCCCCCCCCCCCCCCCC)COC(OCC[N+](C)(C)C)C(=O)O. The predicted octanol–water partition coefficient (Wildman–Crippen LogP) is 23.6. The molecule has 0 heterocycles. The lowest BCUT2D eigenvalue weighted by Gasteiger charge is -2.25. The Morgan fingerprint density at radius 2 is 0.600 bits per heavy atom. The molecular weight excluding hydrogens is 1050 g/mol. The molecule has 9 nitrogen and oxygen atoms in total. The molecule has 0 amide bonds. The van der Waals surface area contributed by atoms with Gasteiger partial charge in [0.15, 0.2) is 6.10 Å². The van der Waals surface area contributed by atoms with Crippen LogP contribution < -0.4 is 0 Å². The molecule has 0 aromatic heterocycles. The maximum absolute atomic E-state index is 13.0. The van der Waals surface area contributed by atoms with Crippen molar-refractivity contribution < 1.29 is 42.9 Å². The quantitative estimate of drug-likeness (QED) is 0.0211. The Hall–Kier alpha value is -1.97. The van der Waals surface area contributed by atoms with Crippen molar-refractivity contribution in [1.29, 1.82) is 0 Å². The van der Waals surface area contributed by atoms with E-state index < -0.39 is 18.4 Å². The van der Waals surface area contributed by atoms with Gasteiger partial charge in [-0.3, -0.25) is 9.59 Å². The van der Waals surface area contributed by atoms with Crippen molar-refractivity contribution in [2.75, 3.05) is 47.5 Å². The standard InChI is InChI=1S/C76H147NO8/c1-6-8-10-12-14-16-18-20-22-24-26-28-30-32-34-35-36-37-38-39-41-42-44-46-48-50-52-54-56-58-60-62-64-66-73(78)83-70-72(71-84-76(75(80)81)82-69-68-77(3,4)5)85-74(79)67-65-63-61-59-57-55-53-51-49-47-45-43-40-33-31-29-27-25-23-21-19-17-15-13-11-9-7-2/h25,27,72,76H,6-24,26,28-71H2,1-5H3/p+1/b27-25-. The molecule has 0 aromatic carbocycles. The minimum absolute atomic E-state index is 0.174. The highest BCUT2D eigenvalue weighted by atomic mass is 16.7. The van der Waals surface area contributed by atoms with Crippen LogP contribution >= 0.6 is 0 Å². The zero-order valence-corrected chi connectivity index (χ0v) is 57.8. The molecule has 0 aromatic rings. The minimum Gasteiger partial charge on any atom is -0.477 e. The van der Waals surface area contributed by atoms with Crippen LogP contribution in [-0.4, -0.2) is 87.4 Å². The highest BCUT2D eigenvalue weighted by molar-refractivity contribution is 5.71. The van der Waals surface area contributed by atoms with Crippen molar-refractivity contribution in [2.45, 2.75) is 411 Å². The highest BCUT2D eigenvalue weighted by Crippen LogP contribution is 2.20. The number of carbonyl (C=O) groups is 3. The molecule has 0 radical (unpaired) electrons. The van der Waals surface area contributed by atoms with Crippen LogP contribution in [0.15, 0.2) is 12.2 Å². The van der Waals surface area contributed by atoms with E-state index in [1.54, 1.807) is 0 Å². The highest BCUT2D eigenvalue weighted by Gasteiger charge is 2.25. The molecular formula is C76H148NO8+. The van der Waals surface area contributed by atoms with Gasteiger partial charge in [-0.2, -0.15) is 0 Å². The third-order valence-corrected chi connectivity index (χ3v) is 17.5. The van der Waals surface area contributed by atoms with E-state index in [0.29, 0.717) is 17.4 Å². The summed E-state index contributed by atoms with van der Waals surface area (Å²) in [6.07, 6.45) is 80.7. The van der Waals surface area contributed by atoms with Crippen LogP contribution in [0.1, 0.15) is 399 Å². The maximum atomic E-state index is 13.0. The van der Waals surface area contributed by atoms with Gasteiger partial charge in [0.1, 0.15) is 13.2 Å². The summed E-state index contributed by atoms with van der Waals surface area (Å²) < 4.78 is 23.0. The van der Waals surface area contributed by atoms with E-state index in [-0.39, 0.29) is 38.2 Å². The van der Waals surface area contributed by atoms with Crippen molar-refractivity contribution in [2.24, 2.45) is 0 Å². The van der Waals surface area contributed by atoms with E-state index in [0.717, 1.165) is 38.5 Å². The Labute approximate surface area is 529 Å². The average Bonchev–Trinajstić information content (AvgIpc) is 3.48. The molecule has 0 spiro atoms. The second-order valence-corrected chi connectivity index (χ2v) is 27.3. The van der Waals surface area contributed by atoms with Crippen molar-refractivity contribution >= 4 is 17.9 Å². The molecule has 0 fully saturated rings. The van der Waals surface area contributed by atoms with Crippen LogP contribution in [0, 0.1) is 0 Å². The second-order valence-electron chi connectivity index (χ2n) is 27.3. The molecule has 0 saturated carbocycles. The van der Waals surface area contributed by atoms with Crippen LogP contribution in [0.5, 0.6) is 0 Å². The Balaban J connectivity index is 3.99. The average molecular weight is 1200 g/mol. The van der Waals surface area contributed by atoms with Gasteiger partial charge in [0.2, 0.25) is 0 Å². The Bertz CT molecular complexity index is 1400. The number of unbranched alkanes of at least 4 members (excludes halogenated alkanes) is 55. The number of quaternary nitrogens is 1. The molecule has 2 unspecified atom stereocenters. The van der Waals surface area contributed by atoms with Gasteiger partial charge in [0.25, 0.3) is 6.29 Å². The third kappa shape index (κ3) is 69.4. The molecule has 0 saturated heterocycles. The lowest BCUT2D eigenvalue weighted by molar-refractivity contribution is -0.870. The number of nitrogens with zero attached hydrogens (tertiary/aromatic N) is 1. The molecule has 1 N–H and O–H groups in total. The monoisotopic (exact) mass is 1200 g/mol. The lowest BCUT2D eigenvalue weighted by Crippen LogP contribution is -2.40. The Morgan fingerprint density at radius 1 is 0.341 bits per heavy atom. The Morgan fingerprint density at radius 3 is 0.871 bits per heavy atom. The molecule has 0 rings (SSSR count). The molecule has 85 heavy (non-hydrogen) atoms. The number of hydrogen-bond acceptors (Lipinski definition) is 7. The fourth-order valence-corrected chi connectivity index (χ4v) is 11.7. The maximum Gasteiger partial charge on any atom is 0.361 e. The first-order valence-electron chi connectivity index (χ1n) is 37.9. The molecule has 2 atom stereocenters. The molecule has 0 bridgehead atoms. The van der Waals surface area contributed by atoms with E-state index >= 15 is 0 Å². The van der Waals surface area contributed by atoms with Gasteiger partial charge in [-0.05, 0) is 38.5 Å². The van der Waals surface area contributed by atoms with E-state index in [2.05, 4.69) is 26.0 Å². The van der Waals surface area contributed by atoms with Crippen LogP contribution in [0.25, 0.3) is 0 Å². The minimum atomic E-state index is -1.51. The number of likely N-dealkylation sites (N-methyl/N-ethyl adjacent to an activating group) is 1. The largest absolute Gasteiger partial charge is 0.477 e. The number of ether oxygens (including phenoxy) is 4. The summed E-state index contributed by atoms with van der Waals surface area (Å²) in [6.45, 7) is 4.97. The van der Waals surface area contributed by atoms with E-state index in [1.807, 2.05) is 21.1 Å². The first-order chi connectivity index (χ1) is 41.6. The Kier molecular flexibility index (Phi) is 66.4. The number of carboxylic acid groups (broad SMARTS) is 1.